The number of allylic oxidation sites excluding steroid dienone is 4. The SMILES string of the molecule is CCC[C@H](O)C[C@@H](O)CC(=O)CCc1ccc(O)c(OCN2C=C3C([C@@]45CCC[C@@H]4C4=C6C(=CC4)N[C@@H](N)c4cccc5c46)=CN=C3C2)c1. The van der Waals surface area contributed by atoms with Crippen molar-refractivity contribution in [2.45, 2.75) is 94.9 Å². The molecule has 256 valence electrons. The molecule has 0 aromatic heterocycles. The number of Topliss-reactive ketones (excluding diaryl/α,β-unsaturated/α-hetero) is 1. The first kappa shape index (κ1) is 32.0. The van der Waals surface area contributed by atoms with E-state index in [1.54, 1.807) is 23.8 Å². The lowest BCUT2D eigenvalue weighted by atomic mass is 9.57. The van der Waals surface area contributed by atoms with Gasteiger partial charge in [0.25, 0.3) is 0 Å². The van der Waals surface area contributed by atoms with Crippen molar-refractivity contribution in [1.29, 1.82) is 0 Å². The zero-order valence-corrected chi connectivity index (χ0v) is 28.1. The lowest BCUT2D eigenvalue weighted by Gasteiger charge is -2.46. The number of aliphatic hydroxyl groups is 2. The van der Waals surface area contributed by atoms with Crippen LogP contribution in [0.5, 0.6) is 11.5 Å². The maximum Gasteiger partial charge on any atom is 0.163 e. The third-order valence-corrected chi connectivity index (χ3v) is 11.5. The van der Waals surface area contributed by atoms with Gasteiger partial charge in [0.05, 0.1) is 24.5 Å². The molecule has 6 aliphatic rings. The molecule has 0 spiro atoms. The average molecular weight is 663 g/mol. The highest BCUT2D eigenvalue weighted by Gasteiger charge is 2.56. The Balaban J connectivity index is 0.962. The average Bonchev–Trinajstić information content (AvgIpc) is 3.87. The van der Waals surface area contributed by atoms with Crippen LogP contribution in [0.3, 0.4) is 0 Å². The van der Waals surface area contributed by atoms with Crippen molar-refractivity contribution in [3.8, 4) is 11.5 Å². The van der Waals surface area contributed by atoms with Crippen molar-refractivity contribution in [2.75, 3.05) is 13.3 Å². The number of aryl methyl sites for hydroxylation is 1. The number of nitrogens with two attached hydrogens (primary N) is 1. The van der Waals surface area contributed by atoms with Crippen LogP contribution >= 0.6 is 0 Å². The normalized spacial score (nSPS) is 25.5. The highest BCUT2D eigenvalue weighted by molar-refractivity contribution is 6.10. The number of aromatic hydroxyl groups is 1. The number of hydrogen-bond acceptors (Lipinski definition) is 9. The van der Waals surface area contributed by atoms with Gasteiger partial charge in [-0.15, -0.1) is 0 Å². The van der Waals surface area contributed by atoms with Gasteiger partial charge in [0.1, 0.15) is 11.9 Å². The summed E-state index contributed by atoms with van der Waals surface area (Å²) >= 11 is 0. The summed E-state index contributed by atoms with van der Waals surface area (Å²) in [5.74, 6) is 0.781. The van der Waals surface area contributed by atoms with Gasteiger partial charge in [0.15, 0.2) is 18.2 Å². The number of aliphatic imine (C=N–C) groups is 1. The fraction of sp³-hybridized carbons (Fsp3) is 0.450. The number of benzene rings is 2. The van der Waals surface area contributed by atoms with E-state index in [4.69, 9.17) is 15.5 Å². The first-order chi connectivity index (χ1) is 23.8. The largest absolute Gasteiger partial charge is 0.504 e. The van der Waals surface area contributed by atoms with Gasteiger partial charge in [0.2, 0.25) is 0 Å². The van der Waals surface area contributed by atoms with Crippen LogP contribution in [-0.4, -0.2) is 57.2 Å². The molecule has 0 amide bonds. The molecule has 3 aliphatic carbocycles. The number of rotatable bonds is 13. The summed E-state index contributed by atoms with van der Waals surface area (Å²) in [6, 6.07) is 11.8. The van der Waals surface area contributed by atoms with Crippen LogP contribution in [-0.2, 0) is 16.6 Å². The van der Waals surface area contributed by atoms with E-state index >= 15 is 0 Å². The molecule has 6 N–H and O–H groups in total. The minimum Gasteiger partial charge on any atom is -0.504 e. The summed E-state index contributed by atoms with van der Waals surface area (Å²) in [6.07, 6.45) is 11.8. The lowest BCUT2D eigenvalue weighted by molar-refractivity contribution is -0.121. The Kier molecular flexibility index (Phi) is 8.25. The Bertz CT molecular complexity index is 1860. The van der Waals surface area contributed by atoms with Gasteiger partial charge in [-0.25, -0.2) is 0 Å². The number of phenols is 1. The van der Waals surface area contributed by atoms with Crippen molar-refractivity contribution in [2.24, 2.45) is 16.6 Å². The fourth-order valence-electron chi connectivity index (χ4n) is 9.37. The molecule has 1 fully saturated rings. The molecule has 2 aromatic carbocycles. The van der Waals surface area contributed by atoms with Crippen LogP contribution in [0, 0.1) is 5.92 Å². The van der Waals surface area contributed by atoms with Gasteiger partial charge < -0.3 is 36.0 Å². The molecule has 0 unspecified atom stereocenters. The molecule has 0 saturated heterocycles. The van der Waals surface area contributed by atoms with Crippen LogP contribution in [0.15, 0.2) is 82.3 Å². The number of ketones is 1. The summed E-state index contributed by atoms with van der Waals surface area (Å²) in [7, 11) is 0. The van der Waals surface area contributed by atoms with Crippen LogP contribution in [0.2, 0.25) is 0 Å². The van der Waals surface area contributed by atoms with Crippen LogP contribution in [0.4, 0.5) is 0 Å². The number of carbonyl (C=O) groups excluding carboxylic acids is 1. The van der Waals surface area contributed by atoms with Gasteiger partial charge in [-0.3, -0.25) is 9.79 Å². The number of fused-ring (bicyclic) bond motifs is 4. The Morgan fingerprint density at radius 3 is 2.96 bits per heavy atom. The van der Waals surface area contributed by atoms with E-state index in [1.165, 1.54) is 39.1 Å². The number of aliphatic hydroxyl groups excluding tert-OH is 2. The predicted molar refractivity (Wildman–Crippen MR) is 189 cm³/mol. The second-order valence-corrected chi connectivity index (χ2v) is 14.6. The lowest BCUT2D eigenvalue weighted by Crippen LogP contribution is -2.42. The van der Waals surface area contributed by atoms with Crippen molar-refractivity contribution >= 4 is 17.1 Å². The third kappa shape index (κ3) is 5.43. The van der Waals surface area contributed by atoms with Crippen LogP contribution in [0.1, 0.15) is 93.1 Å². The van der Waals surface area contributed by atoms with E-state index in [0.717, 1.165) is 43.4 Å². The van der Waals surface area contributed by atoms with Crippen LogP contribution < -0.4 is 15.8 Å². The smallest absolute Gasteiger partial charge is 0.163 e. The van der Waals surface area contributed by atoms with Gasteiger partial charge in [-0.1, -0.05) is 55.7 Å². The third-order valence-electron chi connectivity index (χ3n) is 11.5. The molecule has 2 aromatic rings. The predicted octanol–water partition coefficient (Wildman–Crippen LogP) is 5.42. The summed E-state index contributed by atoms with van der Waals surface area (Å²) < 4.78 is 6.16. The van der Waals surface area contributed by atoms with E-state index in [-0.39, 0.29) is 49.1 Å². The van der Waals surface area contributed by atoms with Gasteiger partial charge in [-0.05, 0) is 84.4 Å². The minimum atomic E-state index is -0.838. The second-order valence-electron chi connectivity index (χ2n) is 14.6. The number of carbonyl (C=O) groups is 1. The molecule has 3 aliphatic heterocycles. The fourth-order valence-corrected chi connectivity index (χ4v) is 9.37. The number of nitrogens with zero attached hydrogens (tertiary/aromatic N) is 2. The highest BCUT2D eigenvalue weighted by atomic mass is 16.5. The zero-order chi connectivity index (χ0) is 33.9. The molecule has 8 rings (SSSR count). The number of hydrogen-bond donors (Lipinski definition) is 5. The molecule has 5 atom stereocenters. The maximum absolute atomic E-state index is 12.5. The summed E-state index contributed by atoms with van der Waals surface area (Å²) in [6.45, 7) is 2.85. The van der Waals surface area contributed by atoms with Crippen molar-refractivity contribution in [3.05, 3.63) is 99.5 Å². The molecule has 0 bridgehead atoms. The van der Waals surface area contributed by atoms with Crippen molar-refractivity contribution in [3.63, 3.8) is 0 Å². The van der Waals surface area contributed by atoms with Crippen LogP contribution in [0.25, 0.3) is 5.57 Å². The maximum atomic E-state index is 12.5. The summed E-state index contributed by atoms with van der Waals surface area (Å²) in [4.78, 5) is 19.6. The number of ether oxygens (including phenoxy) is 1. The summed E-state index contributed by atoms with van der Waals surface area (Å²) in [5.41, 5.74) is 18.9. The van der Waals surface area contributed by atoms with E-state index in [1.807, 2.05) is 6.92 Å². The Hall–Kier alpha value is -4.18. The Labute approximate surface area is 287 Å². The molecular formula is C40H46N4O5. The van der Waals surface area contributed by atoms with Crippen molar-refractivity contribution in [1.82, 2.24) is 10.2 Å². The Morgan fingerprint density at radius 2 is 2.10 bits per heavy atom. The summed E-state index contributed by atoms with van der Waals surface area (Å²) in [5, 5.41) is 34.3. The molecule has 9 nitrogen and oxygen atoms in total. The quantitative estimate of drug-likeness (QED) is 0.192. The Morgan fingerprint density at radius 1 is 1.22 bits per heavy atom. The molecule has 3 heterocycles. The first-order valence-corrected chi connectivity index (χ1v) is 17.9. The van der Waals surface area contributed by atoms with E-state index in [2.05, 4.69) is 46.9 Å². The zero-order valence-electron chi connectivity index (χ0n) is 28.1. The van der Waals surface area contributed by atoms with E-state index < -0.39 is 12.2 Å². The molecule has 0 radical (unpaired) electrons. The highest BCUT2D eigenvalue weighted by Crippen LogP contribution is 2.64. The second kappa shape index (κ2) is 12.6. The van der Waals surface area contributed by atoms with Gasteiger partial charge >= 0.3 is 0 Å². The molecular weight excluding hydrogens is 616 g/mol. The van der Waals surface area contributed by atoms with E-state index in [0.29, 0.717) is 31.1 Å². The molecule has 49 heavy (non-hydrogen) atoms. The first-order valence-electron chi connectivity index (χ1n) is 17.9. The monoisotopic (exact) mass is 662 g/mol. The van der Waals surface area contributed by atoms with Gasteiger partial charge in [0, 0.05) is 47.5 Å². The molecule has 9 heteroatoms. The minimum absolute atomic E-state index is 0.0301. The number of phenolic OH excluding ortho intramolecular Hbond substituents is 1. The van der Waals surface area contributed by atoms with E-state index in [9.17, 15) is 20.1 Å². The molecule has 1 saturated carbocycles. The number of nitrogens with one attached hydrogen (secondary N) is 1. The van der Waals surface area contributed by atoms with Crippen molar-refractivity contribution < 1.29 is 24.9 Å². The topological polar surface area (TPSA) is 141 Å². The standard InChI is InChI=1S/C40H46N4O5/c1-2-5-24(45)17-26(47)18-25(46)11-9-23-10-14-35(48)36(16-23)49-22-44-20-29-32(19-42-34(29)21-44)40-15-4-8-30(40)27-12-13-33-38(27)37-28(39(41)43-33)6-3-7-31(37)40/h3,6-7,10,13-14,16,19-20,24,26,30,39,43,45,47-48H,2,4-5,8-9,11-12,15,17-18,21-22,41H2,1H3/t24-,26+,30+,39+,40-/m0/s1. The van der Waals surface area contributed by atoms with Gasteiger partial charge in [-0.2, -0.15) is 0 Å².